The van der Waals surface area contributed by atoms with Gasteiger partial charge in [-0.1, -0.05) is 44.0 Å². The first kappa shape index (κ1) is 21.6. The molecule has 0 saturated heterocycles. The van der Waals surface area contributed by atoms with Gasteiger partial charge in [0.2, 0.25) is 0 Å². The Morgan fingerprint density at radius 3 is 2.61 bits per heavy atom. The van der Waals surface area contributed by atoms with E-state index in [2.05, 4.69) is 4.98 Å². The number of benzene rings is 1. The van der Waals surface area contributed by atoms with Gasteiger partial charge in [0, 0.05) is 13.1 Å². The maximum Gasteiger partial charge on any atom is 0.330 e. The Balaban J connectivity index is 2.34. The van der Waals surface area contributed by atoms with E-state index in [0.717, 1.165) is 6.42 Å². The Bertz CT molecular complexity index is 938. The number of hydrogen-bond donors (Lipinski definition) is 2. The van der Waals surface area contributed by atoms with E-state index >= 15 is 0 Å². The van der Waals surface area contributed by atoms with E-state index in [1.54, 1.807) is 24.3 Å². The average molecular weight is 409 g/mol. The van der Waals surface area contributed by atoms with E-state index < -0.39 is 17.2 Å². The second-order valence-corrected chi connectivity index (χ2v) is 6.67. The van der Waals surface area contributed by atoms with Crippen LogP contribution in [-0.2, 0) is 11.3 Å². The van der Waals surface area contributed by atoms with Gasteiger partial charge in [0.15, 0.2) is 12.3 Å². The Morgan fingerprint density at radius 2 is 1.96 bits per heavy atom. The van der Waals surface area contributed by atoms with Crippen molar-refractivity contribution in [1.82, 2.24) is 9.55 Å². The van der Waals surface area contributed by atoms with Crippen LogP contribution >= 0.6 is 11.6 Å². The maximum absolute atomic E-state index is 12.8. The highest BCUT2D eigenvalue weighted by Gasteiger charge is 2.24. The third-order valence-electron chi connectivity index (χ3n) is 4.16. The summed E-state index contributed by atoms with van der Waals surface area (Å²) in [5.74, 6) is -0.120. The molecule has 3 N–H and O–H groups in total. The molecule has 0 unspecified atom stereocenters. The molecular formula is C19H25ClN4O4. The van der Waals surface area contributed by atoms with Crippen LogP contribution in [0.4, 0.5) is 11.5 Å². The molecule has 1 aromatic carbocycles. The van der Waals surface area contributed by atoms with E-state index in [1.807, 2.05) is 13.8 Å². The van der Waals surface area contributed by atoms with Crippen molar-refractivity contribution in [3.05, 3.63) is 50.1 Å². The van der Waals surface area contributed by atoms with Crippen molar-refractivity contribution < 1.29 is 9.53 Å². The number of nitrogen functional groups attached to an aromatic ring is 1. The number of rotatable bonds is 9. The predicted octanol–water partition coefficient (Wildman–Crippen LogP) is 2.39. The summed E-state index contributed by atoms with van der Waals surface area (Å²) in [5, 5.41) is 0.378. The van der Waals surface area contributed by atoms with Gasteiger partial charge in [-0.25, -0.2) is 4.79 Å². The molecule has 0 aliphatic carbocycles. The zero-order valence-electron chi connectivity index (χ0n) is 16.0. The molecule has 0 atom stereocenters. The van der Waals surface area contributed by atoms with Crippen molar-refractivity contribution in [2.24, 2.45) is 0 Å². The number of nitrogens with one attached hydrogen (secondary N) is 1. The van der Waals surface area contributed by atoms with Gasteiger partial charge < -0.3 is 15.4 Å². The van der Waals surface area contributed by atoms with Gasteiger partial charge in [-0.3, -0.25) is 19.1 Å². The number of nitrogens with two attached hydrogens (primary N) is 1. The number of carbonyl (C=O) groups is 1. The summed E-state index contributed by atoms with van der Waals surface area (Å²) in [5.41, 5.74) is 4.79. The third-order valence-corrected chi connectivity index (χ3v) is 4.47. The average Bonchev–Trinajstić information content (AvgIpc) is 2.66. The molecule has 1 heterocycles. The number of H-pyrrole nitrogens is 1. The molecule has 0 aliphatic heterocycles. The van der Waals surface area contributed by atoms with Gasteiger partial charge in [0.1, 0.15) is 11.6 Å². The van der Waals surface area contributed by atoms with Gasteiger partial charge in [-0.15, -0.1) is 0 Å². The predicted molar refractivity (Wildman–Crippen MR) is 110 cm³/mol. The van der Waals surface area contributed by atoms with Crippen LogP contribution < -0.4 is 26.6 Å². The summed E-state index contributed by atoms with van der Waals surface area (Å²) < 4.78 is 6.78. The molecule has 0 aliphatic rings. The molecule has 0 bridgehead atoms. The van der Waals surface area contributed by atoms with Crippen LogP contribution in [0.1, 0.15) is 33.1 Å². The minimum absolute atomic E-state index is 0.0262. The van der Waals surface area contributed by atoms with Crippen LogP contribution in [0.5, 0.6) is 5.75 Å². The van der Waals surface area contributed by atoms with Gasteiger partial charge in [0.05, 0.1) is 5.02 Å². The van der Waals surface area contributed by atoms with Gasteiger partial charge >= 0.3 is 5.69 Å². The van der Waals surface area contributed by atoms with Crippen LogP contribution in [0.2, 0.25) is 5.02 Å². The lowest BCUT2D eigenvalue weighted by Gasteiger charge is -2.24. The Labute approximate surface area is 167 Å². The van der Waals surface area contributed by atoms with Crippen LogP contribution in [0.15, 0.2) is 33.9 Å². The molecule has 0 spiro atoms. The molecule has 2 rings (SSSR count). The lowest BCUT2D eigenvalue weighted by molar-refractivity contribution is -0.120. The van der Waals surface area contributed by atoms with Crippen molar-refractivity contribution in [2.75, 3.05) is 23.8 Å². The van der Waals surface area contributed by atoms with Crippen LogP contribution in [0, 0.1) is 0 Å². The monoisotopic (exact) mass is 408 g/mol. The summed E-state index contributed by atoms with van der Waals surface area (Å²) in [6.07, 6.45) is 2.15. The summed E-state index contributed by atoms with van der Waals surface area (Å²) >= 11 is 6.04. The molecule has 0 saturated carbocycles. The molecule has 2 aromatic rings. The van der Waals surface area contributed by atoms with E-state index in [4.69, 9.17) is 22.1 Å². The second kappa shape index (κ2) is 9.98. The first-order valence-electron chi connectivity index (χ1n) is 9.20. The van der Waals surface area contributed by atoms with Gasteiger partial charge in [-0.05, 0) is 25.0 Å². The van der Waals surface area contributed by atoms with Crippen molar-refractivity contribution in [3.8, 4) is 5.75 Å². The van der Waals surface area contributed by atoms with E-state index in [-0.39, 0.29) is 24.7 Å². The normalized spacial score (nSPS) is 10.7. The minimum Gasteiger partial charge on any atom is -0.482 e. The van der Waals surface area contributed by atoms with Gasteiger partial charge in [-0.2, -0.15) is 0 Å². The Hall–Kier alpha value is -2.74. The van der Waals surface area contributed by atoms with Crippen molar-refractivity contribution in [3.63, 3.8) is 0 Å². The summed E-state index contributed by atoms with van der Waals surface area (Å²) in [6.45, 7) is 4.13. The fraction of sp³-hybridized carbons (Fsp3) is 0.421. The Kier molecular flexibility index (Phi) is 7.69. The van der Waals surface area contributed by atoms with Crippen molar-refractivity contribution in [2.45, 2.75) is 39.7 Å². The minimum atomic E-state index is -0.699. The van der Waals surface area contributed by atoms with Crippen molar-refractivity contribution >= 4 is 29.0 Å². The number of unbranched alkanes of at least 4 members (excludes halogenated alkanes) is 1. The highest BCUT2D eigenvalue weighted by Crippen LogP contribution is 2.24. The van der Waals surface area contributed by atoms with Crippen LogP contribution in [-0.4, -0.2) is 28.6 Å². The molecule has 0 radical (unpaired) electrons. The highest BCUT2D eigenvalue weighted by molar-refractivity contribution is 6.32. The number of halogens is 1. The first-order chi connectivity index (χ1) is 13.4. The third kappa shape index (κ3) is 4.95. The van der Waals surface area contributed by atoms with Crippen molar-refractivity contribution in [1.29, 1.82) is 0 Å². The number of aromatic nitrogens is 2. The molecule has 9 heteroatoms. The molecule has 8 nitrogen and oxygen atoms in total. The summed E-state index contributed by atoms with van der Waals surface area (Å²) in [4.78, 5) is 40.8. The second-order valence-electron chi connectivity index (χ2n) is 6.26. The fourth-order valence-electron chi connectivity index (χ4n) is 2.74. The van der Waals surface area contributed by atoms with E-state index in [1.165, 1.54) is 9.47 Å². The lowest BCUT2D eigenvalue weighted by atomic mass is 10.3. The number of anilines is 2. The lowest BCUT2D eigenvalue weighted by Crippen LogP contribution is -2.43. The zero-order valence-corrected chi connectivity index (χ0v) is 16.8. The van der Waals surface area contributed by atoms with E-state index in [0.29, 0.717) is 30.2 Å². The number of ether oxygens (including phenoxy) is 1. The summed E-state index contributed by atoms with van der Waals surface area (Å²) in [7, 11) is 0. The highest BCUT2D eigenvalue weighted by atomic mass is 35.5. The first-order valence-corrected chi connectivity index (χ1v) is 9.58. The maximum atomic E-state index is 12.8. The molecule has 0 fully saturated rings. The van der Waals surface area contributed by atoms with Gasteiger partial charge in [0.25, 0.3) is 11.5 Å². The quantitative estimate of drug-likeness (QED) is 0.661. The topological polar surface area (TPSA) is 110 Å². The summed E-state index contributed by atoms with van der Waals surface area (Å²) in [6, 6.07) is 6.78. The number of para-hydroxylation sites is 1. The molecule has 1 amide bonds. The number of carbonyl (C=O) groups excluding carboxylic acids is 1. The molecular weight excluding hydrogens is 384 g/mol. The molecule has 152 valence electrons. The zero-order chi connectivity index (χ0) is 20.7. The van der Waals surface area contributed by atoms with Crippen LogP contribution in [0.25, 0.3) is 0 Å². The number of nitrogens with zero attached hydrogens (tertiary/aromatic N) is 2. The van der Waals surface area contributed by atoms with E-state index in [9.17, 15) is 14.4 Å². The molecule has 1 aromatic heterocycles. The number of amides is 1. The number of hydrogen-bond acceptors (Lipinski definition) is 5. The Morgan fingerprint density at radius 1 is 1.25 bits per heavy atom. The van der Waals surface area contributed by atoms with Crippen LogP contribution in [0.3, 0.4) is 0 Å². The smallest absolute Gasteiger partial charge is 0.330 e. The standard InChI is InChI=1S/C19H25ClN4O4/c1-3-5-11-24-17(21)16(18(26)22-19(24)27)23(10-4-2)15(25)12-28-14-9-7-6-8-13(14)20/h6-9H,3-5,10-12,21H2,1-2H3,(H,22,26,27). The largest absolute Gasteiger partial charge is 0.482 e. The molecule has 28 heavy (non-hydrogen) atoms. The fourth-order valence-corrected chi connectivity index (χ4v) is 2.93. The number of aromatic amines is 1. The SMILES string of the molecule is CCCCn1c(N)c(N(CCC)C(=O)COc2ccccc2Cl)c(=O)[nH]c1=O.